The molecule has 1 saturated carbocycles. The summed E-state index contributed by atoms with van der Waals surface area (Å²) in [5, 5.41) is 15.1. The number of hydrogen-bond acceptors (Lipinski definition) is 10. The van der Waals surface area contributed by atoms with Gasteiger partial charge in [0.05, 0.1) is 27.3 Å². The Bertz CT molecular complexity index is 2230. The Hall–Kier alpha value is -5.29. The van der Waals surface area contributed by atoms with Crippen LogP contribution in [0.3, 0.4) is 0 Å². The molecule has 4 heterocycles. The van der Waals surface area contributed by atoms with E-state index in [1.54, 1.807) is 30.3 Å². The van der Waals surface area contributed by atoms with Gasteiger partial charge in [-0.05, 0) is 85.8 Å². The Morgan fingerprint density at radius 1 is 0.932 bits per heavy atom. The molecule has 3 aromatic carbocycles. The standard InChI is InChI=1S/C45H49ClN6O7/c1-6-58-45(25-50-23-28-19-32-33(20-29(28)24-50)40(57)52(39(32)56)35-13-14-36(53)48-38(35)55)15-17-51(18-16-45)30-10-7-26(8-11-30)37(54)49-41-43(2,3)42(44(41,4)5)59-31-12-9-27(22-47)34(46)21-31/h7-12,19-21,35,41-42H,6,13-18,23-25H2,1-5H3,(H,49,54)(H,48,53,55). The highest BCUT2D eigenvalue weighted by Gasteiger charge is 2.64. The van der Waals surface area contributed by atoms with Gasteiger partial charge in [0.15, 0.2) is 0 Å². The largest absolute Gasteiger partial charge is 0.489 e. The van der Waals surface area contributed by atoms with E-state index in [2.05, 4.69) is 54.2 Å². The van der Waals surface area contributed by atoms with Crippen LogP contribution in [0.15, 0.2) is 54.6 Å². The lowest BCUT2D eigenvalue weighted by atomic mass is 9.49. The molecule has 59 heavy (non-hydrogen) atoms. The second-order valence-corrected chi connectivity index (χ2v) is 18.1. The minimum Gasteiger partial charge on any atom is -0.489 e. The molecule has 2 saturated heterocycles. The van der Waals surface area contributed by atoms with E-state index in [1.807, 2.05) is 31.2 Å². The Morgan fingerprint density at radius 3 is 2.12 bits per heavy atom. The van der Waals surface area contributed by atoms with E-state index >= 15 is 0 Å². The van der Waals surface area contributed by atoms with Gasteiger partial charge in [-0.15, -0.1) is 0 Å². The van der Waals surface area contributed by atoms with Crippen LogP contribution in [-0.2, 0) is 27.4 Å². The van der Waals surface area contributed by atoms with Gasteiger partial charge in [-0.1, -0.05) is 39.3 Å². The molecule has 5 aliphatic rings. The maximum atomic E-state index is 13.6. The van der Waals surface area contributed by atoms with Crippen molar-refractivity contribution in [3.05, 3.63) is 93.0 Å². The molecule has 308 valence electrons. The van der Waals surface area contributed by atoms with Crippen LogP contribution in [0.25, 0.3) is 0 Å². The fraction of sp³-hybridized carbons (Fsp3) is 0.467. The number of fused-ring (bicyclic) bond motifs is 2. The molecule has 1 atom stereocenters. The molecular weight excluding hydrogens is 772 g/mol. The summed E-state index contributed by atoms with van der Waals surface area (Å²) in [4.78, 5) is 70.3. The fourth-order valence-electron chi connectivity index (χ4n) is 10.4. The Labute approximate surface area is 348 Å². The number of hydrogen-bond donors (Lipinski definition) is 2. The van der Waals surface area contributed by atoms with E-state index in [4.69, 9.17) is 21.1 Å². The number of halogens is 1. The predicted octanol–water partition coefficient (Wildman–Crippen LogP) is 5.62. The lowest BCUT2D eigenvalue weighted by Crippen LogP contribution is -2.74. The van der Waals surface area contributed by atoms with Crippen LogP contribution in [0, 0.1) is 22.2 Å². The topological polar surface area (TPSA) is 161 Å². The summed E-state index contributed by atoms with van der Waals surface area (Å²) in [6.45, 7) is 14.4. The smallest absolute Gasteiger partial charge is 0.262 e. The van der Waals surface area contributed by atoms with Gasteiger partial charge >= 0.3 is 0 Å². The van der Waals surface area contributed by atoms with Crippen LogP contribution >= 0.6 is 11.6 Å². The summed E-state index contributed by atoms with van der Waals surface area (Å²) in [5.41, 5.74) is 3.45. The zero-order chi connectivity index (χ0) is 42.0. The second-order valence-electron chi connectivity index (χ2n) is 17.7. The predicted molar refractivity (Wildman–Crippen MR) is 219 cm³/mol. The zero-order valence-electron chi connectivity index (χ0n) is 34.0. The van der Waals surface area contributed by atoms with Crippen LogP contribution < -0.4 is 20.3 Å². The van der Waals surface area contributed by atoms with Crippen molar-refractivity contribution in [2.45, 2.75) is 97.2 Å². The third kappa shape index (κ3) is 7.15. The average Bonchev–Trinajstić information content (AvgIpc) is 3.70. The average molecular weight is 821 g/mol. The summed E-state index contributed by atoms with van der Waals surface area (Å²) >= 11 is 6.26. The van der Waals surface area contributed by atoms with Crippen LogP contribution in [0.5, 0.6) is 5.75 Å². The number of amides is 5. The summed E-state index contributed by atoms with van der Waals surface area (Å²) in [6.07, 6.45) is 1.60. The quantitative estimate of drug-likeness (QED) is 0.246. The molecule has 0 radical (unpaired) electrons. The summed E-state index contributed by atoms with van der Waals surface area (Å²) < 4.78 is 12.9. The molecular formula is C45H49ClN6O7. The number of nitrogens with one attached hydrogen (secondary N) is 2. The van der Waals surface area contributed by atoms with Crippen molar-refractivity contribution in [2.24, 2.45) is 10.8 Å². The van der Waals surface area contributed by atoms with Gasteiger partial charge in [-0.3, -0.25) is 39.1 Å². The van der Waals surface area contributed by atoms with Gasteiger partial charge in [-0.2, -0.15) is 5.26 Å². The molecule has 0 aromatic heterocycles. The summed E-state index contributed by atoms with van der Waals surface area (Å²) in [5.74, 6) is -1.57. The third-order valence-electron chi connectivity index (χ3n) is 13.1. The van der Waals surface area contributed by atoms with Gasteiger partial charge in [0.1, 0.15) is 24.0 Å². The number of imide groups is 2. The SMILES string of the molecule is CCOC1(CN2Cc3cc4c(cc3C2)C(=O)N(C2CCC(=O)NC2=O)C4=O)CCN(c2ccc(C(=O)NC3C(C)(C)C(Oc4ccc(C#N)c(Cl)c4)C3(C)C)cc2)CC1. The number of carbonyl (C=O) groups excluding carboxylic acids is 5. The molecule has 1 aliphatic carbocycles. The van der Waals surface area contributed by atoms with Gasteiger partial charge in [0.25, 0.3) is 17.7 Å². The number of anilines is 1. The maximum Gasteiger partial charge on any atom is 0.262 e. The van der Waals surface area contributed by atoms with Crippen molar-refractivity contribution in [3.8, 4) is 11.8 Å². The molecule has 1 unspecified atom stereocenters. The number of piperidine rings is 2. The number of nitriles is 1. The van der Waals surface area contributed by atoms with Crippen molar-refractivity contribution in [1.29, 1.82) is 5.26 Å². The van der Waals surface area contributed by atoms with Crippen molar-refractivity contribution >= 4 is 46.8 Å². The number of rotatable bonds is 10. The second kappa shape index (κ2) is 15.1. The molecule has 0 spiro atoms. The van der Waals surface area contributed by atoms with Crippen LogP contribution in [0.2, 0.25) is 5.02 Å². The van der Waals surface area contributed by atoms with Crippen molar-refractivity contribution in [1.82, 2.24) is 20.4 Å². The first-order valence-electron chi connectivity index (χ1n) is 20.3. The lowest BCUT2D eigenvalue weighted by Gasteiger charge is -2.63. The van der Waals surface area contributed by atoms with Crippen LogP contribution in [0.4, 0.5) is 5.69 Å². The highest BCUT2D eigenvalue weighted by Crippen LogP contribution is 2.55. The van der Waals surface area contributed by atoms with Crippen LogP contribution in [-0.4, -0.2) is 89.4 Å². The molecule has 4 aliphatic heterocycles. The summed E-state index contributed by atoms with van der Waals surface area (Å²) in [6, 6.07) is 17.3. The lowest BCUT2D eigenvalue weighted by molar-refractivity contribution is -0.164. The Morgan fingerprint density at radius 2 is 1.56 bits per heavy atom. The molecule has 3 fully saturated rings. The third-order valence-corrected chi connectivity index (χ3v) is 13.4. The van der Waals surface area contributed by atoms with Gasteiger partial charge < -0.3 is 19.7 Å². The van der Waals surface area contributed by atoms with E-state index in [0.717, 1.165) is 47.6 Å². The van der Waals surface area contributed by atoms with Gasteiger partial charge in [0, 0.05) is 79.9 Å². The molecule has 8 rings (SSSR count). The van der Waals surface area contributed by atoms with Crippen molar-refractivity contribution in [2.75, 3.05) is 31.1 Å². The Balaban J connectivity index is 0.863. The van der Waals surface area contributed by atoms with Gasteiger partial charge in [-0.25, -0.2) is 0 Å². The van der Waals surface area contributed by atoms with E-state index in [0.29, 0.717) is 59.3 Å². The number of carbonyl (C=O) groups is 5. The minimum atomic E-state index is -0.989. The van der Waals surface area contributed by atoms with Crippen molar-refractivity contribution < 1.29 is 33.4 Å². The van der Waals surface area contributed by atoms with E-state index < -0.39 is 29.7 Å². The molecule has 2 N–H and O–H groups in total. The monoisotopic (exact) mass is 820 g/mol. The first-order valence-corrected chi connectivity index (χ1v) is 20.7. The van der Waals surface area contributed by atoms with Crippen LogP contribution in [0.1, 0.15) is 108 Å². The normalized spacial score (nSPS) is 24.2. The Kier molecular flexibility index (Phi) is 10.3. The first-order chi connectivity index (χ1) is 28.0. The van der Waals surface area contributed by atoms with Crippen molar-refractivity contribution in [3.63, 3.8) is 0 Å². The number of benzene rings is 3. The molecule has 3 aromatic rings. The highest BCUT2D eigenvalue weighted by molar-refractivity contribution is 6.31. The highest BCUT2D eigenvalue weighted by atomic mass is 35.5. The fourth-order valence-corrected chi connectivity index (χ4v) is 10.6. The molecule has 0 bridgehead atoms. The molecule has 14 heteroatoms. The van der Waals surface area contributed by atoms with E-state index in [1.165, 1.54) is 0 Å². The summed E-state index contributed by atoms with van der Waals surface area (Å²) in [7, 11) is 0. The first kappa shape index (κ1) is 40.5. The zero-order valence-corrected chi connectivity index (χ0v) is 34.8. The molecule has 5 amide bonds. The van der Waals surface area contributed by atoms with E-state index in [9.17, 15) is 29.2 Å². The number of ether oxygens (including phenoxy) is 2. The van der Waals surface area contributed by atoms with Gasteiger partial charge in [0.2, 0.25) is 11.8 Å². The maximum absolute atomic E-state index is 13.6. The van der Waals surface area contributed by atoms with E-state index in [-0.39, 0.29) is 47.3 Å². The molecule has 13 nitrogen and oxygen atoms in total. The minimum absolute atomic E-state index is 0.0802. The number of nitrogens with zero attached hydrogens (tertiary/aromatic N) is 4.